The van der Waals surface area contributed by atoms with Crippen LogP contribution >= 0.6 is 0 Å². The number of nitrogens with zero attached hydrogens (tertiary/aromatic N) is 3. The van der Waals surface area contributed by atoms with Crippen LogP contribution < -0.4 is 5.32 Å². The maximum absolute atomic E-state index is 11.5. The number of benzene rings is 2. The van der Waals surface area contributed by atoms with Crippen molar-refractivity contribution in [1.29, 1.82) is 0 Å². The lowest BCUT2D eigenvalue weighted by molar-refractivity contribution is -0.131. The average Bonchev–Trinajstić information content (AvgIpc) is 3.36. The number of likely N-dealkylation sites (N-methyl/N-ethyl adjacent to an activating group) is 1. The minimum absolute atomic E-state index is 0. The summed E-state index contributed by atoms with van der Waals surface area (Å²) in [6, 6.07) is 16.7. The molecule has 4 aromatic rings. The van der Waals surface area contributed by atoms with Gasteiger partial charge in [0.05, 0.1) is 0 Å². The van der Waals surface area contributed by atoms with E-state index in [9.17, 15) is 9.59 Å². The largest absolute Gasteiger partial charge is 0.478 e. The fraction of sp³-hybridized carbons (Fsp3) is 0.241. The Balaban J connectivity index is 0.000000303. The molecule has 0 saturated heterocycles. The molecule has 0 spiro atoms. The van der Waals surface area contributed by atoms with E-state index in [0.29, 0.717) is 6.54 Å². The molecule has 0 fully saturated rings. The van der Waals surface area contributed by atoms with Crippen molar-refractivity contribution < 1.29 is 14.7 Å². The van der Waals surface area contributed by atoms with Crippen LogP contribution in [-0.4, -0.2) is 45.1 Å². The molecule has 192 valence electrons. The number of carbonyl (C=O) groups is 2. The molecule has 0 saturated carbocycles. The molecule has 0 aliphatic carbocycles. The minimum atomic E-state index is -0.981. The van der Waals surface area contributed by atoms with Crippen molar-refractivity contribution in [1.82, 2.24) is 19.4 Å². The molecular formula is C29H38N4O3. The number of hydrogen-bond acceptors (Lipinski definition) is 3. The van der Waals surface area contributed by atoms with Gasteiger partial charge in [-0.3, -0.25) is 4.79 Å². The highest BCUT2D eigenvalue weighted by Gasteiger charge is 2.10. The van der Waals surface area contributed by atoms with Gasteiger partial charge in [-0.2, -0.15) is 0 Å². The molecule has 2 aromatic carbocycles. The number of nitrogens with one attached hydrogen (secondary N) is 1. The fourth-order valence-electron chi connectivity index (χ4n) is 3.80. The Hall–Kier alpha value is -4.10. The standard InChI is InChI=1S/C14H16N2O.C11H14N2.C3H4O2.CH4/c1-4-14(17)16(3)10-11-9-15(2)13-8-6-5-7-12(11)13;1-12-7-9-8-13(2)11-6-4-3-5-10(9)11;1-2-3(4)5;/h4-9H,1,10H2,2-3H3;3-6,8,12H,7H2,1-2H3;2H,1H2,(H,4,5);1H4. The van der Waals surface area contributed by atoms with Gasteiger partial charge in [-0.15, -0.1) is 0 Å². The molecule has 2 N–H and O–H groups in total. The van der Waals surface area contributed by atoms with Gasteiger partial charge in [0.1, 0.15) is 0 Å². The van der Waals surface area contributed by atoms with E-state index >= 15 is 0 Å². The predicted octanol–water partition coefficient (Wildman–Crippen LogP) is 5.11. The molecule has 7 heteroatoms. The third-order valence-electron chi connectivity index (χ3n) is 5.46. The number of hydrogen-bond donors (Lipinski definition) is 2. The molecule has 0 aliphatic heterocycles. The summed E-state index contributed by atoms with van der Waals surface area (Å²) in [7, 11) is 7.86. The molecular weight excluding hydrogens is 452 g/mol. The number of carboxylic acids is 1. The fourth-order valence-corrected chi connectivity index (χ4v) is 3.80. The van der Waals surface area contributed by atoms with Crippen molar-refractivity contribution in [3.8, 4) is 0 Å². The van der Waals surface area contributed by atoms with Crippen LogP contribution in [0.25, 0.3) is 21.8 Å². The molecule has 4 rings (SSSR count). The van der Waals surface area contributed by atoms with Crippen molar-refractivity contribution in [2.24, 2.45) is 14.1 Å². The van der Waals surface area contributed by atoms with Crippen molar-refractivity contribution >= 4 is 33.7 Å². The molecule has 36 heavy (non-hydrogen) atoms. The molecule has 0 unspecified atom stereocenters. The zero-order valence-corrected chi connectivity index (χ0v) is 20.9. The van der Waals surface area contributed by atoms with E-state index in [1.807, 2.05) is 26.2 Å². The first-order valence-corrected chi connectivity index (χ1v) is 11.2. The van der Waals surface area contributed by atoms with Gasteiger partial charge in [-0.05, 0) is 36.4 Å². The Morgan fingerprint density at radius 2 is 1.36 bits per heavy atom. The Morgan fingerprint density at radius 3 is 1.81 bits per heavy atom. The molecule has 7 nitrogen and oxygen atoms in total. The molecule has 0 radical (unpaired) electrons. The number of para-hydroxylation sites is 2. The summed E-state index contributed by atoms with van der Waals surface area (Å²) in [4.78, 5) is 22.4. The molecule has 2 aromatic heterocycles. The van der Waals surface area contributed by atoms with E-state index in [4.69, 9.17) is 5.11 Å². The van der Waals surface area contributed by atoms with Gasteiger partial charge in [0.2, 0.25) is 5.91 Å². The van der Waals surface area contributed by atoms with Crippen molar-refractivity contribution in [2.75, 3.05) is 14.1 Å². The van der Waals surface area contributed by atoms with E-state index < -0.39 is 5.97 Å². The average molecular weight is 491 g/mol. The number of carbonyl (C=O) groups excluding carboxylic acids is 1. The van der Waals surface area contributed by atoms with Gasteiger partial charge in [-0.1, -0.05) is 57.0 Å². The van der Waals surface area contributed by atoms with E-state index in [-0.39, 0.29) is 13.3 Å². The molecule has 1 amide bonds. The molecule has 0 atom stereocenters. The van der Waals surface area contributed by atoms with Crippen LogP contribution in [0, 0.1) is 0 Å². The number of carboxylic acid groups (broad SMARTS) is 1. The van der Waals surface area contributed by atoms with Crippen molar-refractivity contribution in [3.63, 3.8) is 0 Å². The Morgan fingerprint density at radius 1 is 0.917 bits per heavy atom. The SMILES string of the molecule is C.C=CC(=O)N(C)Cc1cn(C)c2ccccc12.C=CC(=O)O.CNCc1cn(C)c2ccccc12. The van der Waals surface area contributed by atoms with Gasteiger partial charge in [0, 0.05) is 74.5 Å². The monoisotopic (exact) mass is 490 g/mol. The number of aryl methyl sites for hydroxylation is 2. The molecule has 0 aliphatic rings. The maximum atomic E-state index is 11.5. The summed E-state index contributed by atoms with van der Waals surface area (Å²) in [5.74, 6) is -1.04. The number of aromatic nitrogens is 2. The maximum Gasteiger partial charge on any atom is 0.327 e. The highest BCUT2D eigenvalue weighted by atomic mass is 16.4. The Kier molecular flexibility index (Phi) is 11.9. The lowest BCUT2D eigenvalue weighted by atomic mass is 10.1. The summed E-state index contributed by atoms with van der Waals surface area (Å²) in [6.07, 6.45) is 6.42. The quantitative estimate of drug-likeness (QED) is 0.368. The van der Waals surface area contributed by atoms with E-state index in [1.165, 1.54) is 33.4 Å². The Bertz CT molecular complexity index is 1320. The first kappa shape index (κ1) is 29.9. The second kappa shape index (κ2) is 14.3. The topological polar surface area (TPSA) is 79.5 Å². The van der Waals surface area contributed by atoms with Crippen molar-refractivity contribution in [3.05, 3.63) is 97.4 Å². The van der Waals surface area contributed by atoms with Crippen LogP contribution in [0.5, 0.6) is 0 Å². The van der Waals surface area contributed by atoms with Crippen LogP contribution in [0.1, 0.15) is 18.6 Å². The van der Waals surface area contributed by atoms with Gasteiger partial charge in [-0.25, -0.2) is 4.79 Å². The highest BCUT2D eigenvalue weighted by Crippen LogP contribution is 2.21. The second-order valence-electron chi connectivity index (χ2n) is 8.04. The number of fused-ring (bicyclic) bond motifs is 2. The van der Waals surface area contributed by atoms with E-state index in [0.717, 1.165) is 18.2 Å². The molecule has 0 bridgehead atoms. The third-order valence-corrected chi connectivity index (χ3v) is 5.46. The van der Waals surface area contributed by atoms with Crippen LogP contribution in [0.3, 0.4) is 0 Å². The number of amides is 1. The summed E-state index contributed by atoms with van der Waals surface area (Å²) in [5.41, 5.74) is 5.00. The molecule has 2 heterocycles. The highest BCUT2D eigenvalue weighted by molar-refractivity contribution is 5.88. The van der Waals surface area contributed by atoms with Gasteiger partial charge in [0.15, 0.2) is 0 Å². The lowest BCUT2D eigenvalue weighted by Gasteiger charge is -2.14. The van der Waals surface area contributed by atoms with Crippen LogP contribution in [0.4, 0.5) is 0 Å². The van der Waals surface area contributed by atoms with Gasteiger partial charge < -0.3 is 24.5 Å². The summed E-state index contributed by atoms with van der Waals surface area (Å²) in [6.45, 7) is 7.99. The zero-order chi connectivity index (χ0) is 26.0. The number of aliphatic carboxylic acids is 1. The van der Waals surface area contributed by atoms with Crippen LogP contribution in [-0.2, 0) is 36.8 Å². The summed E-state index contributed by atoms with van der Waals surface area (Å²) in [5, 5.41) is 13.3. The van der Waals surface area contributed by atoms with Crippen LogP contribution in [0.2, 0.25) is 0 Å². The third kappa shape index (κ3) is 7.71. The minimum Gasteiger partial charge on any atom is -0.478 e. The van der Waals surface area contributed by atoms with E-state index in [1.54, 1.807) is 11.9 Å². The first-order valence-electron chi connectivity index (χ1n) is 11.2. The Labute approximate surface area is 213 Å². The van der Waals surface area contributed by atoms with Crippen LogP contribution in [0.15, 0.2) is 86.2 Å². The normalized spacial score (nSPS) is 9.78. The van der Waals surface area contributed by atoms with E-state index in [2.05, 4.69) is 83.4 Å². The van der Waals surface area contributed by atoms with Gasteiger partial charge >= 0.3 is 5.97 Å². The second-order valence-corrected chi connectivity index (χ2v) is 8.04. The zero-order valence-electron chi connectivity index (χ0n) is 20.9. The lowest BCUT2D eigenvalue weighted by Crippen LogP contribution is -2.23. The van der Waals surface area contributed by atoms with Crippen molar-refractivity contribution in [2.45, 2.75) is 20.5 Å². The summed E-state index contributed by atoms with van der Waals surface area (Å²) < 4.78 is 4.25. The first-order chi connectivity index (χ1) is 16.7. The number of rotatable bonds is 6. The van der Waals surface area contributed by atoms with Gasteiger partial charge in [0.25, 0.3) is 0 Å². The smallest absolute Gasteiger partial charge is 0.327 e. The predicted molar refractivity (Wildman–Crippen MR) is 150 cm³/mol. The summed E-state index contributed by atoms with van der Waals surface area (Å²) >= 11 is 0.